The van der Waals surface area contributed by atoms with E-state index in [1.54, 1.807) is 7.11 Å². The van der Waals surface area contributed by atoms with Gasteiger partial charge in [0.05, 0.1) is 19.3 Å². The van der Waals surface area contributed by atoms with Crippen molar-refractivity contribution in [2.75, 3.05) is 13.7 Å². The molecule has 0 N–H and O–H groups in total. The van der Waals surface area contributed by atoms with Crippen molar-refractivity contribution in [3.8, 4) is 28.1 Å². The van der Waals surface area contributed by atoms with Gasteiger partial charge in [0, 0.05) is 5.56 Å². The summed E-state index contributed by atoms with van der Waals surface area (Å²) < 4.78 is 16.3. The molecule has 1 saturated carbocycles. The fourth-order valence-electron chi connectivity index (χ4n) is 3.35. The number of methoxy groups -OCH3 is 1. The van der Waals surface area contributed by atoms with Crippen LogP contribution in [0.2, 0.25) is 0 Å². The van der Waals surface area contributed by atoms with Crippen LogP contribution in [0.3, 0.4) is 0 Å². The molecule has 138 valence electrons. The van der Waals surface area contributed by atoms with Gasteiger partial charge >= 0.3 is 5.97 Å². The van der Waals surface area contributed by atoms with Crippen LogP contribution in [-0.2, 0) is 14.9 Å². The van der Waals surface area contributed by atoms with E-state index in [4.69, 9.17) is 14.0 Å². The van der Waals surface area contributed by atoms with Crippen molar-refractivity contribution in [3.63, 3.8) is 0 Å². The Balaban J connectivity index is 1.86. The number of carbonyl (C=O) groups is 1. The number of hydrogen-bond acceptors (Lipinski definition) is 5. The monoisotopic (exact) mass is 363 g/mol. The molecule has 0 radical (unpaired) electrons. The Morgan fingerprint density at radius 3 is 2.37 bits per heavy atom. The molecule has 1 fully saturated rings. The third kappa shape index (κ3) is 2.99. The van der Waals surface area contributed by atoms with Crippen molar-refractivity contribution in [2.24, 2.45) is 0 Å². The minimum atomic E-state index is -0.723. The number of hydrogen-bond donors (Lipinski definition) is 0. The molecule has 0 saturated heterocycles. The maximum absolute atomic E-state index is 12.6. The highest BCUT2D eigenvalue weighted by Gasteiger charge is 2.57. The normalized spacial score (nSPS) is 14.6. The lowest BCUT2D eigenvalue weighted by atomic mass is 9.92. The van der Waals surface area contributed by atoms with E-state index >= 15 is 0 Å². The molecule has 1 aliphatic rings. The Kier molecular flexibility index (Phi) is 4.44. The van der Waals surface area contributed by atoms with Gasteiger partial charge in [0.15, 0.2) is 5.76 Å². The molecule has 0 unspecified atom stereocenters. The van der Waals surface area contributed by atoms with Crippen LogP contribution in [0.1, 0.15) is 25.5 Å². The van der Waals surface area contributed by atoms with Gasteiger partial charge in [-0.2, -0.15) is 0 Å². The topological polar surface area (TPSA) is 61.6 Å². The predicted octanol–water partition coefficient (Wildman–Crippen LogP) is 4.61. The van der Waals surface area contributed by atoms with Gasteiger partial charge in [0.2, 0.25) is 0 Å². The van der Waals surface area contributed by atoms with Crippen molar-refractivity contribution in [2.45, 2.75) is 25.2 Å². The van der Waals surface area contributed by atoms with Gasteiger partial charge in [0.1, 0.15) is 16.9 Å². The van der Waals surface area contributed by atoms with Crippen LogP contribution in [-0.4, -0.2) is 24.8 Å². The molecule has 27 heavy (non-hydrogen) atoms. The van der Waals surface area contributed by atoms with Crippen molar-refractivity contribution >= 4 is 5.97 Å². The largest absolute Gasteiger partial charge is 0.497 e. The third-order valence-electron chi connectivity index (χ3n) is 4.97. The number of benzene rings is 2. The Morgan fingerprint density at radius 1 is 1.07 bits per heavy atom. The first kappa shape index (κ1) is 17.3. The van der Waals surface area contributed by atoms with Gasteiger partial charge < -0.3 is 14.0 Å². The molecule has 2 aromatic carbocycles. The molecule has 0 atom stereocenters. The lowest BCUT2D eigenvalue weighted by Crippen LogP contribution is -2.23. The first-order valence-corrected chi connectivity index (χ1v) is 9.07. The van der Waals surface area contributed by atoms with E-state index in [2.05, 4.69) is 5.16 Å². The summed E-state index contributed by atoms with van der Waals surface area (Å²) in [5, 5.41) is 4.34. The third-order valence-corrected chi connectivity index (χ3v) is 4.97. The second kappa shape index (κ2) is 6.91. The zero-order chi connectivity index (χ0) is 18.9. The first-order chi connectivity index (χ1) is 13.2. The molecule has 1 aromatic heterocycles. The lowest BCUT2D eigenvalue weighted by molar-refractivity contribution is -0.146. The summed E-state index contributed by atoms with van der Waals surface area (Å²) in [5.74, 6) is 1.13. The molecule has 4 rings (SSSR count). The summed E-state index contributed by atoms with van der Waals surface area (Å²) in [5.41, 5.74) is 2.72. The van der Waals surface area contributed by atoms with Crippen LogP contribution in [0.4, 0.5) is 0 Å². The van der Waals surface area contributed by atoms with Crippen LogP contribution in [0.5, 0.6) is 5.75 Å². The van der Waals surface area contributed by atoms with Crippen molar-refractivity contribution in [3.05, 3.63) is 60.4 Å². The number of carbonyl (C=O) groups excluding carboxylic acids is 1. The van der Waals surface area contributed by atoms with Crippen molar-refractivity contribution < 1.29 is 18.8 Å². The fourth-order valence-corrected chi connectivity index (χ4v) is 3.35. The summed E-state index contributed by atoms with van der Waals surface area (Å²) in [4.78, 5) is 12.6. The summed E-state index contributed by atoms with van der Waals surface area (Å²) in [6.07, 6.45) is 1.42. The van der Waals surface area contributed by atoms with Crippen LogP contribution in [0.15, 0.2) is 59.1 Å². The van der Waals surface area contributed by atoms with E-state index in [0.29, 0.717) is 25.2 Å². The molecule has 1 aliphatic carbocycles. The quantitative estimate of drug-likeness (QED) is 0.599. The summed E-state index contributed by atoms with van der Waals surface area (Å²) in [7, 11) is 1.63. The number of esters is 1. The van der Waals surface area contributed by atoms with Gasteiger partial charge in [-0.3, -0.25) is 4.79 Å². The smallest absolute Gasteiger partial charge is 0.319 e. The molecule has 0 spiro atoms. The Hall–Kier alpha value is -3.08. The fraction of sp³-hybridized carbons (Fsp3) is 0.273. The standard InChI is InChI=1S/C22H21NO4/c1-3-26-21(24)22(13-14-22)20-18(15-7-5-4-6-8-15)19(23-27-20)16-9-11-17(25-2)12-10-16/h4-12H,3,13-14H2,1-2H3. The molecule has 0 bridgehead atoms. The van der Waals surface area contributed by atoms with Crippen molar-refractivity contribution in [1.82, 2.24) is 5.16 Å². The number of rotatable bonds is 6. The highest BCUT2D eigenvalue weighted by Crippen LogP contribution is 2.54. The minimum absolute atomic E-state index is 0.236. The van der Waals surface area contributed by atoms with Crippen LogP contribution in [0, 0.1) is 0 Å². The molecule has 1 heterocycles. The number of ether oxygens (including phenoxy) is 2. The maximum atomic E-state index is 12.6. The Bertz CT molecular complexity index is 940. The van der Waals surface area contributed by atoms with Crippen molar-refractivity contribution in [1.29, 1.82) is 0 Å². The second-order valence-corrected chi connectivity index (χ2v) is 6.63. The summed E-state index contributed by atoms with van der Waals surface area (Å²) in [6, 6.07) is 17.6. The Morgan fingerprint density at radius 2 is 1.78 bits per heavy atom. The van der Waals surface area contributed by atoms with Gasteiger partial charge in [-0.05, 0) is 49.6 Å². The highest BCUT2D eigenvalue weighted by atomic mass is 16.5. The SMILES string of the molecule is CCOC(=O)C1(c2onc(-c3ccc(OC)cc3)c2-c2ccccc2)CC1. The van der Waals surface area contributed by atoms with E-state index in [-0.39, 0.29) is 5.97 Å². The Labute approximate surface area is 157 Å². The van der Waals surface area contributed by atoms with E-state index in [0.717, 1.165) is 28.1 Å². The molecule has 3 aromatic rings. The molecule has 0 aliphatic heterocycles. The van der Waals surface area contributed by atoms with Crippen LogP contribution < -0.4 is 4.74 Å². The van der Waals surface area contributed by atoms with E-state index in [1.165, 1.54) is 0 Å². The van der Waals surface area contributed by atoms with Crippen LogP contribution in [0.25, 0.3) is 22.4 Å². The van der Waals surface area contributed by atoms with E-state index in [1.807, 2.05) is 61.5 Å². The number of nitrogens with zero attached hydrogens (tertiary/aromatic N) is 1. The average molecular weight is 363 g/mol. The summed E-state index contributed by atoms with van der Waals surface area (Å²) in [6.45, 7) is 2.16. The predicted molar refractivity (Wildman–Crippen MR) is 101 cm³/mol. The zero-order valence-electron chi connectivity index (χ0n) is 15.4. The number of aromatic nitrogens is 1. The second-order valence-electron chi connectivity index (χ2n) is 6.63. The first-order valence-electron chi connectivity index (χ1n) is 9.07. The van der Waals surface area contributed by atoms with Gasteiger partial charge in [0.25, 0.3) is 0 Å². The molecule has 5 heteroatoms. The molecule has 5 nitrogen and oxygen atoms in total. The van der Waals surface area contributed by atoms with Gasteiger partial charge in [-0.15, -0.1) is 0 Å². The molecular formula is C22H21NO4. The zero-order valence-corrected chi connectivity index (χ0v) is 15.4. The lowest BCUT2D eigenvalue weighted by Gasteiger charge is -2.13. The highest BCUT2D eigenvalue weighted by molar-refractivity contribution is 5.92. The molecule has 0 amide bonds. The van der Waals surface area contributed by atoms with Gasteiger partial charge in [-0.1, -0.05) is 35.5 Å². The molecular weight excluding hydrogens is 342 g/mol. The van der Waals surface area contributed by atoms with Crippen LogP contribution >= 0.6 is 0 Å². The van der Waals surface area contributed by atoms with E-state index in [9.17, 15) is 4.79 Å². The average Bonchev–Trinajstić information content (AvgIpc) is 3.41. The minimum Gasteiger partial charge on any atom is -0.497 e. The maximum Gasteiger partial charge on any atom is 0.319 e. The summed E-state index contributed by atoms with van der Waals surface area (Å²) >= 11 is 0. The van der Waals surface area contributed by atoms with E-state index < -0.39 is 5.41 Å². The van der Waals surface area contributed by atoms with Gasteiger partial charge in [-0.25, -0.2) is 0 Å².